The van der Waals surface area contributed by atoms with Crippen LogP contribution in [-0.2, 0) is 31.3 Å². The van der Waals surface area contributed by atoms with E-state index in [1.54, 1.807) is 11.0 Å². The Morgan fingerprint density at radius 2 is 1.89 bits per heavy atom. The Morgan fingerprint density at radius 3 is 2.58 bits per heavy atom. The van der Waals surface area contributed by atoms with Crippen molar-refractivity contribution in [2.45, 2.75) is 31.3 Å². The van der Waals surface area contributed by atoms with Crippen LogP contribution in [0.4, 0.5) is 20.2 Å². The summed E-state index contributed by atoms with van der Waals surface area (Å²) < 4.78 is 51.5. The van der Waals surface area contributed by atoms with Gasteiger partial charge in [0, 0.05) is 37.8 Å². The number of hydrogen-bond acceptors (Lipinski definition) is 8. The highest BCUT2D eigenvalue weighted by Gasteiger charge is 2.33. The number of rotatable bonds is 10. The number of hydrogen-bond donors (Lipinski definition) is 3. The molecular weight excluding hydrogens is 524 g/mol. The van der Waals surface area contributed by atoms with Crippen molar-refractivity contribution >= 4 is 39.7 Å². The van der Waals surface area contributed by atoms with Crippen molar-refractivity contribution in [1.82, 2.24) is 9.80 Å². The molecule has 11 nitrogen and oxygen atoms in total. The number of carbonyl (C=O) groups is 3. The monoisotopic (exact) mass is 551 g/mol. The van der Waals surface area contributed by atoms with Crippen molar-refractivity contribution in [2.24, 2.45) is 10.1 Å². The molecule has 2 aromatic carbocycles. The van der Waals surface area contributed by atoms with Crippen molar-refractivity contribution < 1.29 is 36.7 Å². The quantitative estimate of drug-likeness (QED) is 0.401. The number of carboxylic acid groups (broad SMARTS) is 1. The smallest absolute Gasteiger partial charge is 0.316 e. The minimum absolute atomic E-state index is 0.0807. The van der Waals surface area contributed by atoms with Crippen molar-refractivity contribution in [3.05, 3.63) is 59.7 Å². The van der Waals surface area contributed by atoms with Gasteiger partial charge in [-0.05, 0) is 42.3 Å². The predicted octanol–water partition coefficient (Wildman–Crippen LogP) is 1.55. The Balaban J connectivity index is 1.58. The summed E-state index contributed by atoms with van der Waals surface area (Å²) in [4.78, 5) is 40.1. The van der Waals surface area contributed by atoms with Gasteiger partial charge in [-0.15, -0.1) is 4.36 Å². The van der Waals surface area contributed by atoms with Crippen molar-refractivity contribution in [2.75, 3.05) is 31.5 Å². The van der Waals surface area contributed by atoms with Crippen LogP contribution >= 0.6 is 0 Å². The molecule has 3 rings (SSSR count). The Hall–Kier alpha value is -3.75. The topological polar surface area (TPSA) is 162 Å². The SMILES string of the molecule is N[C@@H](CC(=O)N1CCN(CC(=O)Nc2cccc(N=S(=O)=O)c2)CC1CC(=O)O)Cc1ccc(F)c(F)c1. The Kier molecular flexibility index (Phi) is 9.98. The highest BCUT2D eigenvalue weighted by atomic mass is 32.2. The highest BCUT2D eigenvalue weighted by Crippen LogP contribution is 2.19. The minimum atomic E-state index is -2.64. The van der Waals surface area contributed by atoms with Gasteiger partial charge in [0.25, 0.3) is 0 Å². The zero-order valence-corrected chi connectivity index (χ0v) is 21.0. The molecule has 1 heterocycles. The van der Waals surface area contributed by atoms with Crippen LogP contribution in [0.3, 0.4) is 0 Å². The zero-order valence-electron chi connectivity index (χ0n) is 20.2. The second-order valence-corrected chi connectivity index (χ2v) is 9.51. The van der Waals surface area contributed by atoms with Crippen LogP contribution in [0.5, 0.6) is 0 Å². The van der Waals surface area contributed by atoms with Gasteiger partial charge in [0.1, 0.15) is 0 Å². The van der Waals surface area contributed by atoms with E-state index in [4.69, 9.17) is 5.73 Å². The van der Waals surface area contributed by atoms with Crippen LogP contribution in [0.25, 0.3) is 0 Å². The van der Waals surface area contributed by atoms with Gasteiger partial charge in [-0.25, -0.2) is 8.78 Å². The second-order valence-electron chi connectivity index (χ2n) is 8.90. The van der Waals surface area contributed by atoms with E-state index in [-0.39, 0.29) is 50.5 Å². The normalized spacial score (nSPS) is 16.5. The first kappa shape index (κ1) is 28.8. The molecule has 204 valence electrons. The summed E-state index contributed by atoms with van der Waals surface area (Å²) in [7, 11) is -2.64. The van der Waals surface area contributed by atoms with Crippen LogP contribution < -0.4 is 11.1 Å². The second kappa shape index (κ2) is 13.2. The number of benzene rings is 2. The third-order valence-corrected chi connectivity index (χ3v) is 6.25. The lowest BCUT2D eigenvalue weighted by Crippen LogP contribution is -2.57. The zero-order chi connectivity index (χ0) is 27.8. The molecule has 0 saturated carbocycles. The Bertz CT molecular complexity index is 1330. The number of nitrogens with zero attached hydrogens (tertiary/aromatic N) is 3. The van der Waals surface area contributed by atoms with Crippen LogP contribution in [-0.4, -0.2) is 79.4 Å². The first-order valence-electron chi connectivity index (χ1n) is 11.6. The molecule has 2 atom stereocenters. The van der Waals surface area contributed by atoms with E-state index in [0.717, 1.165) is 12.1 Å². The first-order chi connectivity index (χ1) is 18.0. The number of nitrogens with two attached hydrogens (primary N) is 1. The summed E-state index contributed by atoms with van der Waals surface area (Å²) >= 11 is 0. The van der Waals surface area contributed by atoms with Gasteiger partial charge in [0.15, 0.2) is 11.6 Å². The van der Waals surface area contributed by atoms with Crippen molar-refractivity contribution in [3.8, 4) is 0 Å². The number of halogens is 2. The standard InChI is InChI=1S/C24H27F2N5O6S/c25-20-5-4-15(9-21(20)26)8-16(27)10-23(33)31-7-6-30(13-19(31)12-24(34)35)14-22(32)28-17-2-1-3-18(11-17)29-38(36)37/h1-5,9,11,16,19H,6-8,10,12-14,27H2,(H,28,32)(H,34,35)/t16-,19?/m1/s1. The van der Waals surface area contributed by atoms with Gasteiger partial charge >= 0.3 is 16.5 Å². The van der Waals surface area contributed by atoms with E-state index < -0.39 is 46.1 Å². The average Bonchev–Trinajstić information content (AvgIpc) is 2.81. The van der Waals surface area contributed by atoms with Crippen LogP contribution in [0.1, 0.15) is 18.4 Å². The van der Waals surface area contributed by atoms with Gasteiger partial charge in [-0.1, -0.05) is 12.1 Å². The molecule has 2 aromatic rings. The molecule has 38 heavy (non-hydrogen) atoms. The molecule has 0 aliphatic carbocycles. The largest absolute Gasteiger partial charge is 0.481 e. The van der Waals surface area contributed by atoms with E-state index in [9.17, 15) is 36.7 Å². The highest BCUT2D eigenvalue weighted by molar-refractivity contribution is 7.61. The predicted molar refractivity (Wildman–Crippen MR) is 133 cm³/mol. The maximum Gasteiger partial charge on any atom is 0.316 e. The number of nitrogens with one attached hydrogen (secondary N) is 1. The molecule has 1 aliphatic heterocycles. The fourth-order valence-electron chi connectivity index (χ4n) is 4.28. The Labute approximate surface area is 218 Å². The van der Waals surface area contributed by atoms with Crippen LogP contribution in [0.15, 0.2) is 46.8 Å². The number of amides is 2. The molecule has 0 aromatic heterocycles. The summed E-state index contributed by atoms with van der Waals surface area (Å²) in [5.74, 6) is -3.88. The fourth-order valence-corrected chi connectivity index (χ4v) is 4.57. The van der Waals surface area contributed by atoms with E-state index in [2.05, 4.69) is 9.68 Å². The maximum absolute atomic E-state index is 13.5. The van der Waals surface area contributed by atoms with E-state index in [1.165, 1.54) is 29.2 Å². The third kappa shape index (κ3) is 8.68. The fraction of sp³-hybridized carbons (Fsp3) is 0.375. The number of anilines is 1. The molecule has 0 bridgehead atoms. The summed E-state index contributed by atoms with van der Waals surface area (Å²) in [6.45, 7) is 0.529. The van der Waals surface area contributed by atoms with Crippen molar-refractivity contribution in [1.29, 1.82) is 0 Å². The van der Waals surface area contributed by atoms with Crippen LogP contribution in [0.2, 0.25) is 0 Å². The molecule has 1 aliphatic rings. The molecule has 14 heteroatoms. The molecule has 0 spiro atoms. The first-order valence-corrected chi connectivity index (χ1v) is 12.7. The lowest BCUT2D eigenvalue weighted by Gasteiger charge is -2.41. The lowest BCUT2D eigenvalue weighted by atomic mass is 10.0. The summed E-state index contributed by atoms with van der Waals surface area (Å²) in [6.07, 6.45) is -0.324. The van der Waals surface area contributed by atoms with Gasteiger partial charge in [0.05, 0.1) is 24.7 Å². The minimum Gasteiger partial charge on any atom is -0.481 e. The summed E-state index contributed by atoms with van der Waals surface area (Å²) in [5.41, 5.74) is 6.99. The van der Waals surface area contributed by atoms with E-state index in [1.807, 2.05) is 0 Å². The van der Waals surface area contributed by atoms with Crippen molar-refractivity contribution in [3.63, 3.8) is 0 Å². The van der Waals surface area contributed by atoms with E-state index in [0.29, 0.717) is 17.8 Å². The lowest BCUT2D eigenvalue weighted by molar-refractivity contribution is -0.143. The molecule has 1 saturated heterocycles. The van der Waals surface area contributed by atoms with Gasteiger partial charge in [-0.3, -0.25) is 19.3 Å². The molecular formula is C24H27F2N5O6S. The van der Waals surface area contributed by atoms with Gasteiger partial charge in [0.2, 0.25) is 11.8 Å². The number of carbonyl (C=O) groups excluding carboxylic acids is 2. The molecule has 4 N–H and O–H groups in total. The maximum atomic E-state index is 13.5. The van der Waals surface area contributed by atoms with Gasteiger partial charge in [-0.2, -0.15) is 8.42 Å². The van der Waals surface area contributed by atoms with E-state index >= 15 is 0 Å². The number of carboxylic acids is 1. The Morgan fingerprint density at radius 1 is 1.13 bits per heavy atom. The molecule has 1 unspecified atom stereocenters. The number of piperazine rings is 1. The molecule has 0 radical (unpaired) electrons. The molecule has 2 amide bonds. The average molecular weight is 552 g/mol. The molecule has 1 fully saturated rings. The van der Waals surface area contributed by atoms with Gasteiger partial charge < -0.3 is 21.1 Å². The number of aliphatic carboxylic acids is 1. The van der Waals surface area contributed by atoms with Crippen LogP contribution in [0, 0.1) is 11.6 Å². The summed E-state index contributed by atoms with van der Waals surface area (Å²) in [5, 5.41) is 12.0. The summed E-state index contributed by atoms with van der Waals surface area (Å²) in [6, 6.07) is 7.95. The third-order valence-electron chi connectivity index (χ3n) is 5.89.